The Hall–Kier alpha value is -4.92. The van der Waals surface area contributed by atoms with Crippen LogP contribution >= 0.6 is 92.8 Å². The predicted molar refractivity (Wildman–Crippen MR) is 370 cm³/mol. The average molecular weight is 1420 g/mol. The summed E-state index contributed by atoms with van der Waals surface area (Å²) in [6.45, 7) is 11.8. The van der Waals surface area contributed by atoms with Gasteiger partial charge in [0.05, 0.1) is 168 Å². The summed E-state index contributed by atoms with van der Waals surface area (Å²) in [5, 5.41) is 2.94. The van der Waals surface area contributed by atoms with Gasteiger partial charge in [0.25, 0.3) is 0 Å². The fourth-order valence-electron chi connectivity index (χ4n) is 11.7. The predicted octanol–water partition coefficient (Wildman–Crippen LogP) is 20.4. The first-order valence-corrected chi connectivity index (χ1v) is 34.8. The molecule has 4 aliphatic rings. The van der Waals surface area contributed by atoms with Crippen molar-refractivity contribution in [2.75, 3.05) is 106 Å². The number of rotatable bonds is 20. The SMILES string of the molecule is CCCCCOc1c(Cl)c(Cl)c2c3c1-c1cc4[nH]c5cc6nc(cc7[nH]c(cc-3n1)c1c(c(Cl)c(Cl)c(OCCCCC)c71)OCCOCCOCCO2)-c1c(OCCCCC)c(Cl)c(Cl)c(c1-6)OCCOCCOCCOc1c(Cl)c(Cl)c(OCCCCC)c4c15. The highest BCUT2D eigenvalue weighted by atomic mass is 35.5. The zero-order chi connectivity index (χ0) is 64.4. The molecule has 0 saturated heterocycles. The van der Waals surface area contributed by atoms with Crippen molar-refractivity contribution in [3.05, 3.63) is 64.4 Å². The van der Waals surface area contributed by atoms with Crippen LogP contribution in [0.3, 0.4) is 0 Å². The summed E-state index contributed by atoms with van der Waals surface area (Å²) in [5.41, 5.74) is 5.35. The molecule has 0 amide bonds. The van der Waals surface area contributed by atoms with E-state index in [1.807, 2.05) is 24.3 Å². The van der Waals surface area contributed by atoms with Gasteiger partial charge in [0, 0.05) is 0 Å². The third-order valence-electron chi connectivity index (χ3n) is 16.0. The van der Waals surface area contributed by atoms with E-state index in [1.54, 1.807) is 0 Å². The Morgan fingerprint density at radius 1 is 0.315 bits per heavy atom. The van der Waals surface area contributed by atoms with Gasteiger partial charge in [0.1, 0.15) is 113 Å². The molecule has 3 aromatic heterocycles. The first-order chi connectivity index (χ1) is 44.9. The van der Waals surface area contributed by atoms with Crippen molar-refractivity contribution in [2.45, 2.75) is 105 Å². The normalized spacial score (nSPS) is 14.7. The number of ether oxygens (including phenoxy) is 12. The summed E-state index contributed by atoms with van der Waals surface area (Å²) in [6.07, 6.45) is 10.3. The molecule has 16 nitrogen and oxygen atoms in total. The van der Waals surface area contributed by atoms with Crippen LogP contribution in [-0.2, 0) is 18.9 Å². The molecule has 7 heterocycles. The molecular weight excluding hydrogens is 1350 g/mol. The standard InChI is InChI=1S/C68H74Cl8N4O12/c1-5-9-13-17-85-61-45-37-33-38-46-51-43(78-38)36-44-52-48(64(88-20-16-12-8-4)56(72)60(76)68(52)92-32-28-84-24-23-83-27-31-91-67(51)58(74)54(70)62(46)86-18-14-10-6-2)40(80-44)34-39-47-50-42(79-39)35-41(77-37)49(45)65(57(73)53(61)69)89-29-25-81-21-22-82-26-30-90-66(50)59(75)55(71)63(47)87-19-15-11-7-3/h33-36,77,80H,5-32H2,1-4H3. The van der Waals surface area contributed by atoms with Gasteiger partial charge in [-0.3, -0.25) is 0 Å². The van der Waals surface area contributed by atoms with E-state index in [2.05, 4.69) is 37.7 Å². The van der Waals surface area contributed by atoms with Gasteiger partial charge in [0.15, 0.2) is 0 Å². The van der Waals surface area contributed by atoms with Crippen LogP contribution in [0.15, 0.2) is 24.3 Å². The Labute approximate surface area is 575 Å². The zero-order valence-electron chi connectivity index (χ0n) is 51.9. The van der Waals surface area contributed by atoms with Crippen LogP contribution in [-0.4, -0.2) is 126 Å². The zero-order valence-corrected chi connectivity index (χ0v) is 58.0. The van der Waals surface area contributed by atoms with E-state index < -0.39 is 0 Å². The lowest BCUT2D eigenvalue weighted by molar-refractivity contribution is 0.0276. The summed E-state index contributed by atoms with van der Waals surface area (Å²) in [7, 11) is 0. The summed E-state index contributed by atoms with van der Waals surface area (Å²) < 4.78 is 78.4. The minimum absolute atomic E-state index is 0.0743. The summed E-state index contributed by atoms with van der Waals surface area (Å²) in [6, 6.07) is 7.55. The molecule has 11 rings (SSSR count). The third-order valence-corrected chi connectivity index (χ3v) is 19.3. The van der Waals surface area contributed by atoms with Crippen molar-refractivity contribution in [1.82, 2.24) is 19.9 Å². The number of aromatic nitrogens is 4. The smallest absolute Gasteiger partial charge is 0.149 e. The van der Waals surface area contributed by atoms with Crippen LogP contribution in [0.5, 0.6) is 46.0 Å². The van der Waals surface area contributed by atoms with Crippen molar-refractivity contribution in [3.63, 3.8) is 0 Å². The monoisotopic (exact) mass is 1420 g/mol. The molecular formula is C68H74Cl8N4O12. The van der Waals surface area contributed by atoms with Gasteiger partial charge in [-0.1, -0.05) is 172 Å². The largest absolute Gasteiger partial charge is 0.491 e. The lowest BCUT2D eigenvalue weighted by Gasteiger charge is -2.19. The van der Waals surface area contributed by atoms with Crippen LogP contribution in [0, 0.1) is 0 Å². The van der Waals surface area contributed by atoms with Crippen molar-refractivity contribution in [3.8, 4) is 91.0 Å². The van der Waals surface area contributed by atoms with Gasteiger partial charge in [-0.25, -0.2) is 9.97 Å². The quantitative estimate of drug-likeness (QED) is 0.0692. The number of fused-ring (bicyclic) bond motifs is 8. The highest BCUT2D eigenvalue weighted by Gasteiger charge is 2.36. The van der Waals surface area contributed by atoms with Crippen LogP contribution in [0.25, 0.3) is 88.6 Å². The highest BCUT2D eigenvalue weighted by Crippen LogP contribution is 2.60. The van der Waals surface area contributed by atoms with E-state index in [4.69, 9.17) is 160 Å². The molecule has 0 unspecified atom stereocenters. The maximum absolute atomic E-state index is 7.51. The molecule has 0 spiro atoms. The molecule has 2 N–H and O–H groups in total. The van der Waals surface area contributed by atoms with Gasteiger partial charge < -0.3 is 66.8 Å². The van der Waals surface area contributed by atoms with Gasteiger partial charge in [-0.05, 0) is 49.9 Å². The number of nitrogens with one attached hydrogen (secondary N) is 2. The second-order valence-corrected chi connectivity index (χ2v) is 25.5. The second kappa shape index (κ2) is 32.2. The van der Waals surface area contributed by atoms with Crippen molar-refractivity contribution < 1.29 is 56.8 Å². The van der Waals surface area contributed by atoms with E-state index in [0.717, 1.165) is 77.0 Å². The van der Waals surface area contributed by atoms with E-state index >= 15 is 0 Å². The number of hydrogen-bond acceptors (Lipinski definition) is 14. The Bertz CT molecular complexity index is 3760. The summed E-state index contributed by atoms with van der Waals surface area (Å²) in [5.74, 6) is 2.13. The minimum Gasteiger partial charge on any atom is -0.491 e. The molecule has 0 atom stereocenters. The lowest BCUT2D eigenvalue weighted by atomic mass is 10.0. The topological polar surface area (TPSA) is 168 Å². The fourth-order valence-corrected chi connectivity index (χ4v) is 13.5. The first-order valence-electron chi connectivity index (χ1n) is 31.8. The molecule has 92 heavy (non-hydrogen) atoms. The van der Waals surface area contributed by atoms with Crippen LogP contribution in [0.1, 0.15) is 105 Å². The number of aromatic amines is 2. The highest BCUT2D eigenvalue weighted by molar-refractivity contribution is 6.48. The van der Waals surface area contributed by atoms with Crippen LogP contribution in [0.2, 0.25) is 40.2 Å². The van der Waals surface area contributed by atoms with Gasteiger partial charge in [-0.2, -0.15) is 0 Å². The molecule has 0 saturated carbocycles. The molecule has 0 aliphatic carbocycles. The van der Waals surface area contributed by atoms with Crippen LogP contribution in [0.4, 0.5) is 0 Å². The lowest BCUT2D eigenvalue weighted by Crippen LogP contribution is -2.14. The number of unbranched alkanes of at least 4 members (excludes halogenated alkanes) is 8. The van der Waals surface area contributed by atoms with E-state index in [1.165, 1.54) is 0 Å². The molecule has 0 fully saturated rings. The fraction of sp³-hybridized carbons (Fsp3) is 0.471. The average Bonchev–Trinajstić information content (AvgIpc) is 1.55. The van der Waals surface area contributed by atoms with Crippen LogP contribution < -0.4 is 37.9 Å². The number of halogens is 8. The van der Waals surface area contributed by atoms with Gasteiger partial charge >= 0.3 is 0 Å². The third kappa shape index (κ3) is 14.3. The van der Waals surface area contributed by atoms with E-state index in [9.17, 15) is 0 Å². The summed E-state index contributed by atoms with van der Waals surface area (Å²) >= 11 is 60.0. The molecule has 4 aromatic carbocycles. The molecule has 4 aliphatic heterocycles. The van der Waals surface area contributed by atoms with Gasteiger partial charge in [-0.15, -0.1) is 0 Å². The molecule has 8 bridgehead atoms. The van der Waals surface area contributed by atoms with Crippen molar-refractivity contribution in [1.29, 1.82) is 0 Å². The molecule has 0 radical (unpaired) electrons. The number of nitrogens with zero attached hydrogens (tertiary/aromatic N) is 2. The molecule has 494 valence electrons. The van der Waals surface area contributed by atoms with Gasteiger partial charge in [0.2, 0.25) is 0 Å². The Morgan fingerprint density at radius 2 is 0.576 bits per heavy atom. The Morgan fingerprint density at radius 3 is 0.902 bits per heavy atom. The van der Waals surface area contributed by atoms with E-state index in [-0.39, 0.29) is 154 Å². The Kier molecular flexibility index (Phi) is 24.0. The number of hydrogen-bond donors (Lipinski definition) is 2. The maximum Gasteiger partial charge on any atom is 0.149 e. The number of benzene rings is 4. The molecule has 24 heteroatoms. The summed E-state index contributed by atoms with van der Waals surface area (Å²) in [4.78, 5) is 18.7. The first kappa shape index (κ1) is 68.5. The minimum atomic E-state index is 0.0743. The van der Waals surface area contributed by atoms with E-state index in [0.29, 0.717) is 127 Å². The number of H-pyrrole nitrogens is 2. The van der Waals surface area contributed by atoms with Crippen molar-refractivity contribution >= 4 is 136 Å². The second-order valence-electron chi connectivity index (χ2n) is 22.5. The Balaban J connectivity index is 1.39. The maximum atomic E-state index is 7.51. The van der Waals surface area contributed by atoms with Crippen molar-refractivity contribution in [2.24, 2.45) is 0 Å². The molecule has 7 aromatic rings.